The second-order valence-electron chi connectivity index (χ2n) is 8.08. The van der Waals surface area contributed by atoms with E-state index < -0.39 is 6.89 Å². The van der Waals surface area contributed by atoms with Gasteiger partial charge in [-0.1, -0.05) is 128 Å². The second kappa shape index (κ2) is 10.3. The van der Waals surface area contributed by atoms with Crippen LogP contribution in [0.1, 0.15) is 24.8 Å². The fourth-order valence-corrected chi connectivity index (χ4v) is 8.53. The lowest BCUT2D eigenvalue weighted by molar-refractivity contribution is -0.112. The lowest BCUT2D eigenvalue weighted by Crippen LogP contribution is -2.33. The van der Waals surface area contributed by atoms with Gasteiger partial charge in [0.25, 0.3) is 0 Å². The standard InChI is InChI=1S/C30H26NOP/c1-24(25-14-6-2-7-15-25)22-29(32)30(23-31)33(26-16-8-3-9-17-26,27-18-10-4-11-19-27)28-20-12-5-13-21-28/h2-21,24H,22H2,1H3. The van der Waals surface area contributed by atoms with Gasteiger partial charge in [-0.15, -0.1) is 0 Å². The van der Waals surface area contributed by atoms with E-state index in [-0.39, 0.29) is 11.7 Å². The topological polar surface area (TPSA) is 40.9 Å². The zero-order valence-electron chi connectivity index (χ0n) is 18.6. The van der Waals surface area contributed by atoms with Crippen LogP contribution >= 0.6 is 6.89 Å². The fourth-order valence-electron chi connectivity index (χ4n) is 4.39. The molecule has 0 saturated carbocycles. The lowest BCUT2D eigenvalue weighted by Gasteiger charge is -2.30. The number of ketones is 1. The molecule has 0 heterocycles. The largest absolute Gasteiger partial charge is 0.293 e. The third-order valence-electron chi connectivity index (χ3n) is 6.00. The highest BCUT2D eigenvalue weighted by atomic mass is 31.2. The van der Waals surface area contributed by atoms with Crippen molar-refractivity contribution >= 4 is 33.9 Å². The number of benzene rings is 4. The molecular weight excluding hydrogens is 421 g/mol. The highest BCUT2D eigenvalue weighted by Gasteiger charge is 2.33. The van der Waals surface area contributed by atoms with Gasteiger partial charge in [-0.3, -0.25) is 4.79 Å². The summed E-state index contributed by atoms with van der Waals surface area (Å²) in [7, 11) is 0. The summed E-state index contributed by atoms with van der Waals surface area (Å²) in [6, 6.07) is 42.6. The smallest absolute Gasteiger partial charge is 0.174 e. The predicted octanol–water partition coefficient (Wildman–Crippen LogP) is 5.44. The van der Waals surface area contributed by atoms with Crippen molar-refractivity contribution in [3.8, 4) is 6.07 Å². The molecule has 0 aromatic heterocycles. The van der Waals surface area contributed by atoms with Gasteiger partial charge in [0.15, 0.2) is 5.78 Å². The van der Waals surface area contributed by atoms with Gasteiger partial charge in [-0.2, -0.15) is 5.26 Å². The maximum absolute atomic E-state index is 13.9. The number of nitriles is 1. The van der Waals surface area contributed by atoms with Gasteiger partial charge in [0.05, 0.1) is 0 Å². The van der Waals surface area contributed by atoms with Gasteiger partial charge in [0.1, 0.15) is 11.4 Å². The van der Waals surface area contributed by atoms with Gasteiger partial charge in [-0.05, 0) is 34.3 Å². The van der Waals surface area contributed by atoms with Crippen molar-refractivity contribution in [2.45, 2.75) is 19.3 Å². The monoisotopic (exact) mass is 447 g/mol. The summed E-state index contributed by atoms with van der Waals surface area (Å²) in [6.07, 6.45) is 0.293. The maximum atomic E-state index is 13.9. The summed E-state index contributed by atoms with van der Waals surface area (Å²) in [6.45, 7) is -0.610. The van der Waals surface area contributed by atoms with E-state index in [9.17, 15) is 10.1 Å². The van der Waals surface area contributed by atoms with E-state index in [1.54, 1.807) is 0 Å². The van der Waals surface area contributed by atoms with E-state index >= 15 is 0 Å². The van der Waals surface area contributed by atoms with Crippen LogP contribution in [-0.2, 0) is 4.79 Å². The van der Waals surface area contributed by atoms with E-state index in [1.165, 1.54) is 0 Å². The summed E-state index contributed by atoms with van der Waals surface area (Å²) in [4.78, 5) is 13.9. The normalized spacial score (nSPS) is 11.9. The molecule has 0 spiro atoms. The van der Waals surface area contributed by atoms with Gasteiger partial charge in [0.2, 0.25) is 0 Å². The Kier molecular flexibility index (Phi) is 7.04. The van der Waals surface area contributed by atoms with Crippen molar-refractivity contribution in [2.24, 2.45) is 0 Å². The maximum Gasteiger partial charge on any atom is 0.174 e. The Morgan fingerprint density at radius 1 is 0.697 bits per heavy atom. The number of carbonyl (C=O) groups excluding carboxylic acids is 1. The SMILES string of the molecule is CC(CC(=O)C(C#N)=P(c1ccccc1)(c1ccccc1)c1ccccc1)c1ccccc1. The molecule has 3 heteroatoms. The first kappa shape index (κ1) is 22.5. The van der Waals surface area contributed by atoms with E-state index in [1.807, 2.05) is 84.9 Å². The fraction of sp³-hybridized carbons (Fsp3) is 0.100. The summed E-state index contributed by atoms with van der Waals surface area (Å²) >= 11 is 0. The molecule has 0 aliphatic heterocycles. The molecule has 0 aliphatic carbocycles. The highest BCUT2D eigenvalue weighted by molar-refractivity contribution is 7.96. The number of carbonyl (C=O) groups is 1. The molecule has 0 N–H and O–H groups in total. The van der Waals surface area contributed by atoms with Crippen LogP contribution in [0.15, 0.2) is 121 Å². The van der Waals surface area contributed by atoms with Crippen LogP contribution in [-0.4, -0.2) is 11.1 Å². The Labute approximate surface area is 196 Å². The van der Waals surface area contributed by atoms with E-state index in [2.05, 4.69) is 49.4 Å². The molecule has 0 bridgehead atoms. The Hall–Kier alpha value is -3.66. The van der Waals surface area contributed by atoms with Crippen LogP contribution in [0.2, 0.25) is 0 Å². The average Bonchev–Trinajstić information content (AvgIpc) is 2.89. The van der Waals surface area contributed by atoms with Crippen LogP contribution in [0, 0.1) is 11.3 Å². The van der Waals surface area contributed by atoms with Crippen molar-refractivity contribution in [2.75, 3.05) is 0 Å². The molecule has 1 unspecified atom stereocenters. The Morgan fingerprint density at radius 2 is 1.06 bits per heavy atom. The van der Waals surface area contributed by atoms with Crippen LogP contribution in [0.5, 0.6) is 0 Å². The molecule has 0 saturated heterocycles. The molecule has 4 rings (SSSR count). The number of Topliss-reactive ketones (excluding diaryl/α,β-unsaturated/α-hetero) is 1. The molecule has 0 fully saturated rings. The van der Waals surface area contributed by atoms with Crippen molar-refractivity contribution in [1.29, 1.82) is 5.26 Å². The zero-order valence-corrected chi connectivity index (χ0v) is 19.5. The quantitative estimate of drug-likeness (QED) is 0.354. The summed E-state index contributed by atoms with van der Waals surface area (Å²) < 4.78 is 0. The third kappa shape index (κ3) is 4.47. The molecular formula is C30H26NOP. The highest BCUT2D eigenvalue weighted by Crippen LogP contribution is 2.46. The second-order valence-corrected chi connectivity index (χ2v) is 11.4. The van der Waals surface area contributed by atoms with E-state index in [0.717, 1.165) is 21.5 Å². The molecule has 0 amide bonds. The van der Waals surface area contributed by atoms with Gasteiger partial charge >= 0.3 is 0 Å². The van der Waals surface area contributed by atoms with Crippen molar-refractivity contribution < 1.29 is 4.79 Å². The Morgan fingerprint density at radius 3 is 1.42 bits per heavy atom. The summed E-state index contributed by atoms with van der Waals surface area (Å²) in [5.41, 5.74) is 1.10. The van der Waals surface area contributed by atoms with E-state index in [0.29, 0.717) is 11.7 Å². The van der Waals surface area contributed by atoms with Crippen LogP contribution in [0.3, 0.4) is 0 Å². The first-order valence-corrected chi connectivity index (χ1v) is 12.9. The summed E-state index contributed by atoms with van der Waals surface area (Å²) in [5, 5.41) is 13.9. The predicted molar refractivity (Wildman–Crippen MR) is 140 cm³/mol. The first-order valence-electron chi connectivity index (χ1n) is 11.1. The third-order valence-corrected chi connectivity index (χ3v) is 10.2. The Bertz CT molecular complexity index is 1200. The molecule has 4 aromatic carbocycles. The number of hydrogen-bond acceptors (Lipinski definition) is 2. The molecule has 162 valence electrons. The molecule has 4 aromatic rings. The van der Waals surface area contributed by atoms with Crippen LogP contribution < -0.4 is 15.9 Å². The number of rotatable bonds is 7. The minimum absolute atomic E-state index is 0.0197. The minimum atomic E-state index is -2.66. The van der Waals surface area contributed by atoms with Crippen molar-refractivity contribution in [1.82, 2.24) is 0 Å². The zero-order chi connectivity index (χ0) is 23.1. The van der Waals surface area contributed by atoms with Crippen LogP contribution in [0.25, 0.3) is 0 Å². The molecule has 1 atom stereocenters. The number of nitrogens with zero attached hydrogens (tertiary/aromatic N) is 1. The number of hydrogen-bond donors (Lipinski definition) is 0. The summed E-state index contributed by atoms with van der Waals surface area (Å²) in [5.74, 6) is -0.0648. The molecule has 0 aliphatic rings. The van der Waals surface area contributed by atoms with Gasteiger partial charge < -0.3 is 0 Å². The first-order chi connectivity index (χ1) is 16.2. The van der Waals surface area contributed by atoms with Crippen molar-refractivity contribution in [3.05, 3.63) is 127 Å². The van der Waals surface area contributed by atoms with Gasteiger partial charge in [-0.25, -0.2) is 0 Å². The Balaban J connectivity index is 2.02. The van der Waals surface area contributed by atoms with E-state index in [4.69, 9.17) is 0 Å². The van der Waals surface area contributed by atoms with Crippen molar-refractivity contribution in [3.63, 3.8) is 0 Å². The van der Waals surface area contributed by atoms with Crippen LogP contribution in [0.4, 0.5) is 0 Å². The lowest BCUT2D eigenvalue weighted by atomic mass is 9.95. The molecule has 0 radical (unpaired) electrons. The minimum Gasteiger partial charge on any atom is -0.293 e. The molecule has 2 nitrogen and oxygen atoms in total. The average molecular weight is 448 g/mol. The van der Waals surface area contributed by atoms with Gasteiger partial charge in [0, 0.05) is 6.42 Å². The molecule has 33 heavy (non-hydrogen) atoms.